The molecule has 1 unspecified atom stereocenters. The van der Waals surface area contributed by atoms with Gasteiger partial charge in [0.1, 0.15) is 6.04 Å². The molecule has 1 saturated heterocycles. The van der Waals surface area contributed by atoms with Crippen molar-refractivity contribution < 1.29 is 9.59 Å². The van der Waals surface area contributed by atoms with Gasteiger partial charge in [0.15, 0.2) is 0 Å². The van der Waals surface area contributed by atoms with E-state index in [1.807, 2.05) is 30.3 Å². The van der Waals surface area contributed by atoms with E-state index in [0.29, 0.717) is 26.1 Å². The molecule has 3 N–H and O–H groups in total. The molecular weight excluding hydrogens is 278 g/mol. The van der Waals surface area contributed by atoms with Crippen LogP contribution in [-0.2, 0) is 9.59 Å². The van der Waals surface area contributed by atoms with E-state index in [9.17, 15) is 9.59 Å². The third-order valence-electron chi connectivity index (χ3n) is 3.99. The Morgan fingerprint density at radius 2 is 1.91 bits per heavy atom. The van der Waals surface area contributed by atoms with Crippen molar-refractivity contribution in [2.24, 2.45) is 5.73 Å². The quantitative estimate of drug-likeness (QED) is 0.751. The summed E-state index contributed by atoms with van der Waals surface area (Å²) in [7, 11) is 0. The van der Waals surface area contributed by atoms with Crippen LogP contribution in [0, 0.1) is 0 Å². The summed E-state index contributed by atoms with van der Waals surface area (Å²) in [6.45, 7) is 1.81. The maximum atomic E-state index is 12.5. The van der Waals surface area contributed by atoms with Gasteiger partial charge in [-0.2, -0.15) is 0 Å². The van der Waals surface area contributed by atoms with E-state index in [4.69, 9.17) is 5.73 Å². The number of unbranched alkanes of at least 4 members (excludes halogenated alkanes) is 3. The fraction of sp³-hybridized carbons (Fsp3) is 0.529. The number of carbonyl (C=O) groups excluding carboxylic acids is 2. The van der Waals surface area contributed by atoms with Crippen molar-refractivity contribution in [1.82, 2.24) is 10.2 Å². The normalized spacial score (nSPS) is 18.1. The summed E-state index contributed by atoms with van der Waals surface area (Å²) in [4.78, 5) is 26.4. The molecule has 2 rings (SSSR count). The molecule has 5 nitrogen and oxygen atoms in total. The number of carbonyl (C=O) groups is 2. The SMILES string of the molecule is NCCCCCCC(=O)N1CCNC(=O)C1c1ccccc1. The minimum Gasteiger partial charge on any atom is -0.352 e. The van der Waals surface area contributed by atoms with Crippen LogP contribution in [0.2, 0.25) is 0 Å². The molecule has 2 amide bonds. The van der Waals surface area contributed by atoms with E-state index in [1.54, 1.807) is 4.90 Å². The van der Waals surface area contributed by atoms with Crippen molar-refractivity contribution in [3.05, 3.63) is 35.9 Å². The molecular formula is C17H25N3O2. The van der Waals surface area contributed by atoms with Gasteiger partial charge in [0.25, 0.3) is 0 Å². The average Bonchev–Trinajstić information content (AvgIpc) is 2.55. The largest absolute Gasteiger partial charge is 0.352 e. The van der Waals surface area contributed by atoms with Gasteiger partial charge in [0, 0.05) is 19.5 Å². The van der Waals surface area contributed by atoms with Gasteiger partial charge >= 0.3 is 0 Å². The minimum atomic E-state index is -0.494. The van der Waals surface area contributed by atoms with Crippen LogP contribution in [0.4, 0.5) is 0 Å². The van der Waals surface area contributed by atoms with E-state index in [2.05, 4.69) is 5.32 Å². The van der Waals surface area contributed by atoms with Crippen LogP contribution in [-0.4, -0.2) is 36.3 Å². The van der Waals surface area contributed by atoms with E-state index in [0.717, 1.165) is 31.2 Å². The molecule has 120 valence electrons. The molecule has 1 heterocycles. The van der Waals surface area contributed by atoms with Crippen molar-refractivity contribution in [3.63, 3.8) is 0 Å². The summed E-state index contributed by atoms with van der Waals surface area (Å²) in [5.74, 6) is -0.0228. The minimum absolute atomic E-state index is 0.0662. The van der Waals surface area contributed by atoms with Crippen molar-refractivity contribution in [3.8, 4) is 0 Å². The maximum absolute atomic E-state index is 12.5. The first kappa shape index (κ1) is 16.5. The maximum Gasteiger partial charge on any atom is 0.247 e. The lowest BCUT2D eigenvalue weighted by Crippen LogP contribution is -2.52. The second-order valence-corrected chi connectivity index (χ2v) is 5.64. The molecule has 0 aromatic heterocycles. The monoisotopic (exact) mass is 303 g/mol. The Kier molecular flexibility index (Phi) is 6.40. The first-order chi connectivity index (χ1) is 10.7. The van der Waals surface area contributed by atoms with Gasteiger partial charge in [-0.3, -0.25) is 9.59 Å². The van der Waals surface area contributed by atoms with Gasteiger partial charge in [0.05, 0.1) is 0 Å². The standard InChI is InChI=1S/C17H25N3O2/c18-11-7-2-1-6-10-15(21)20-13-12-19-17(22)16(20)14-8-4-3-5-9-14/h3-5,8-9,16H,1-2,6-7,10-13,18H2,(H,19,22). The van der Waals surface area contributed by atoms with Crippen LogP contribution >= 0.6 is 0 Å². The molecule has 0 spiro atoms. The Hall–Kier alpha value is -1.88. The topological polar surface area (TPSA) is 75.4 Å². The van der Waals surface area contributed by atoms with Gasteiger partial charge in [-0.15, -0.1) is 0 Å². The molecule has 1 aromatic rings. The molecule has 1 atom stereocenters. The predicted molar refractivity (Wildman–Crippen MR) is 86.0 cm³/mol. The Bertz CT molecular complexity index is 490. The fourth-order valence-electron chi connectivity index (χ4n) is 2.82. The number of amides is 2. The summed E-state index contributed by atoms with van der Waals surface area (Å²) in [6.07, 6.45) is 4.44. The lowest BCUT2D eigenvalue weighted by atomic mass is 10.0. The number of nitrogens with zero attached hydrogens (tertiary/aromatic N) is 1. The van der Waals surface area contributed by atoms with Crippen LogP contribution in [0.15, 0.2) is 30.3 Å². The molecule has 0 radical (unpaired) electrons. The van der Waals surface area contributed by atoms with Gasteiger partial charge in [-0.1, -0.05) is 43.2 Å². The zero-order valence-electron chi connectivity index (χ0n) is 13.0. The summed E-state index contributed by atoms with van der Waals surface area (Å²) in [6, 6.07) is 9.01. The molecule has 22 heavy (non-hydrogen) atoms. The molecule has 0 saturated carbocycles. The van der Waals surface area contributed by atoms with Crippen molar-refractivity contribution in [1.29, 1.82) is 0 Å². The van der Waals surface area contributed by atoms with Crippen LogP contribution < -0.4 is 11.1 Å². The molecule has 0 bridgehead atoms. The smallest absolute Gasteiger partial charge is 0.247 e. The molecule has 5 heteroatoms. The van der Waals surface area contributed by atoms with Crippen molar-refractivity contribution in [2.75, 3.05) is 19.6 Å². The molecule has 1 fully saturated rings. The number of nitrogens with one attached hydrogen (secondary N) is 1. The zero-order valence-corrected chi connectivity index (χ0v) is 13.0. The summed E-state index contributed by atoms with van der Waals surface area (Å²) in [5, 5.41) is 2.85. The molecule has 0 aliphatic carbocycles. The number of benzene rings is 1. The van der Waals surface area contributed by atoms with Crippen molar-refractivity contribution in [2.45, 2.75) is 38.1 Å². The molecule has 1 aliphatic rings. The van der Waals surface area contributed by atoms with Gasteiger partial charge in [-0.25, -0.2) is 0 Å². The highest BCUT2D eigenvalue weighted by atomic mass is 16.2. The summed E-state index contributed by atoms with van der Waals surface area (Å²) >= 11 is 0. The highest BCUT2D eigenvalue weighted by Gasteiger charge is 2.33. The first-order valence-electron chi connectivity index (χ1n) is 8.06. The molecule has 1 aliphatic heterocycles. The van der Waals surface area contributed by atoms with E-state index in [1.165, 1.54) is 0 Å². The molecule has 1 aromatic carbocycles. The van der Waals surface area contributed by atoms with Crippen molar-refractivity contribution >= 4 is 11.8 Å². The second kappa shape index (κ2) is 8.54. The Morgan fingerprint density at radius 1 is 1.18 bits per heavy atom. The van der Waals surface area contributed by atoms with E-state index < -0.39 is 6.04 Å². The number of rotatable bonds is 7. The van der Waals surface area contributed by atoms with Crippen LogP contribution in [0.3, 0.4) is 0 Å². The predicted octanol–water partition coefficient (Wildman–Crippen LogP) is 1.60. The fourth-order valence-corrected chi connectivity index (χ4v) is 2.82. The first-order valence-corrected chi connectivity index (χ1v) is 8.06. The Balaban J connectivity index is 1.97. The summed E-state index contributed by atoms with van der Waals surface area (Å²) < 4.78 is 0. The third-order valence-corrected chi connectivity index (χ3v) is 3.99. The van der Waals surface area contributed by atoms with Crippen LogP contribution in [0.5, 0.6) is 0 Å². The van der Waals surface area contributed by atoms with E-state index >= 15 is 0 Å². The van der Waals surface area contributed by atoms with Crippen LogP contribution in [0.25, 0.3) is 0 Å². The lowest BCUT2D eigenvalue weighted by Gasteiger charge is -2.35. The third kappa shape index (κ3) is 4.31. The highest BCUT2D eigenvalue weighted by Crippen LogP contribution is 2.24. The van der Waals surface area contributed by atoms with Gasteiger partial charge in [0.2, 0.25) is 11.8 Å². The number of piperazine rings is 1. The van der Waals surface area contributed by atoms with Crippen LogP contribution in [0.1, 0.15) is 43.7 Å². The van der Waals surface area contributed by atoms with Gasteiger partial charge < -0.3 is 16.0 Å². The number of nitrogens with two attached hydrogens (primary N) is 1. The summed E-state index contributed by atoms with van der Waals surface area (Å²) in [5.41, 5.74) is 6.34. The van der Waals surface area contributed by atoms with Gasteiger partial charge in [-0.05, 0) is 24.9 Å². The number of hydrogen-bond acceptors (Lipinski definition) is 3. The Morgan fingerprint density at radius 3 is 2.64 bits per heavy atom. The lowest BCUT2D eigenvalue weighted by molar-refractivity contribution is -0.143. The highest BCUT2D eigenvalue weighted by molar-refractivity contribution is 5.89. The number of hydrogen-bond donors (Lipinski definition) is 2. The zero-order chi connectivity index (χ0) is 15.8. The average molecular weight is 303 g/mol. The van der Waals surface area contributed by atoms with E-state index in [-0.39, 0.29) is 11.8 Å². The second-order valence-electron chi connectivity index (χ2n) is 5.64. The Labute approximate surface area is 131 Å².